The van der Waals surface area contributed by atoms with Crippen LogP contribution in [-0.4, -0.2) is 15.0 Å². The van der Waals surface area contributed by atoms with Gasteiger partial charge in [0.25, 0.3) is 0 Å². The smallest absolute Gasteiger partial charge is 0.113 e. The molecule has 0 fully saturated rings. The van der Waals surface area contributed by atoms with Crippen molar-refractivity contribution in [1.29, 1.82) is 0 Å². The molecule has 3 nitrogen and oxygen atoms in total. The van der Waals surface area contributed by atoms with Crippen LogP contribution in [0.3, 0.4) is 0 Å². The highest BCUT2D eigenvalue weighted by Crippen LogP contribution is 2.18. The third kappa shape index (κ3) is 8.94. The van der Waals surface area contributed by atoms with Gasteiger partial charge in [0.15, 0.2) is 0 Å². The molecule has 0 saturated carbocycles. The number of aromatic nitrogens is 3. The van der Waals surface area contributed by atoms with Crippen LogP contribution in [0.5, 0.6) is 0 Å². The summed E-state index contributed by atoms with van der Waals surface area (Å²) in [5.74, 6) is 0. The average Bonchev–Trinajstić information content (AvgIpc) is 3.20. The Morgan fingerprint density at radius 2 is 1.57 bits per heavy atom. The monoisotopic (exact) mass is 405 g/mol. The van der Waals surface area contributed by atoms with E-state index >= 15 is 0 Å². The van der Waals surface area contributed by atoms with Crippen molar-refractivity contribution in [2.24, 2.45) is 0 Å². The Labute approximate surface area is 183 Å². The summed E-state index contributed by atoms with van der Waals surface area (Å²) in [4.78, 5) is 0. The molecular formula is C27H39N3. The molecule has 0 saturated heterocycles. The lowest BCUT2D eigenvalue weighted by Crippen LogP contribution is -1.96. The van der Waals surface area contributed by atoms with Gasteiger partial charge in [-0.25, -0.2) is 4.68 Å². The summed E-state index contributed by atoms with van der Waals surface area (Å²) < 4.78 is 1.92. The first-order valence-corrected chi connectivity index (χ1v) is 11.4. The van der Waals surface area contributed by atoms with Gasteiger partial charge in [0, 0.05) is 5.56 Å². The van der Waals surface area contributed by atoms with Gasteiger partial charge < -0.3 is 0 Å². The third-order valence-corrected chi connectivity index (χ3v) is 5.36. The highest BCUT2D eigenvalue weighted by molar-refractivity contribution is 5.57. The van der Waals surface area contributed by atoms with Crippen molar-refractivity contribution in [2.45, 2.75) is 86.1 Å². The Bertz CT molecular complexity index is 846. The van der Waals surface area contributed by atoms with E-state index in [-0.39, 0.29) is 0 Å². The third-order valence-electron chi connectivity index (χ3n) is 5.36. The summed E-state index contributed by atoms with van der Waals surface area (Å²) in [5.41, 5.74) is 7.77. The van der Waals surface area contributed by atoms with Gasteiger partial charge in [0.05, 0.1) is 12.7 Å². The number of benzene rings is 1. The van der Waals surface area contributed by atoms with Crippen molar-refractivity contribution in [3.63, 3.8) is 0 Å². The Hall–Kier alpha value is -2.42. The van der Waals surface area contributed by atoms with Crippen molar-refractivity contribution in [3.05, 3.63) is 71.0 Å². The quantitative estimate of drug-likeness (QED) is 0.339. The number of allylic oxidation sites excluding steroid dienone is 6. The van der Waals surface area contributed by atoms with Gasteiger partial charge >= 0.3 is 0 Å². The molecule has 0 amide bonds. The Morgan fingerprint density at radius 3 is 2.23 bits per heavy atom. The van der Waals surface area contributed by atoms with Crippen LogP contribution < -0.4 is 0 Å². The Kier molecular flexibility index (Phi) is 10.3. The molecule has 1 aromatic carbocycles. The van der Waals surface area contributed by atoms with Gasteiger partial charge in [-0.1, -0.05) is 77.8 Å². The SMILES string of the molecule is CCCCc1ccc(-c2cn(CC=C(C)CCC=C(C)CCC=C(C)C)nn2)cc1. The molecule has 0 radical (unpaired) electrons. The number of aryl methyl sites for hydroxylation is 1. The molecule has 2 aromatic rings. The van der Waals surface area contributed by atoms with Crippen LogP contribution in [0.4, 0.5) is 0 Å². The first kappa shape index (κ1) is 23.9. The van der Waals surface area contributed by atoms with Crippen LogP contribution in [0.2, 0.25) is 0 Å². The van der Waals surface area contributed by atoms with Crippen molar-refractivity contribution in [1.82, 2.24) is 15.0 Å². The van der Waals surface area contributed by atoms with E-state index in [1.807, 2.05) is 10.9 Å². The molecule has 0 aliphatic carbocycles. The van der Waals surface area contributed by atoms with Crippen molar-refractivity contribution in [3.8, 4) is 11.3 Å². The molecule has 0 atom stereocenters. The average molecular weight is 406 g/mol. The minimum atomic E-state index is 0.774. The molecule has 0 aliphatic heterocycles. The highest BCUT2D eigenvalue weighted by atomic mass is 15.4. The highest BCUT2D eigenvalue weighted by Gasteiger charge is 2.04. The van der Waals surface area contributed by atoms with Crippen LogP contribution >= 0.6 is 0 Å². The van der Waals surface area contributed by atoms with Crippen molar-refractivity contribution >= 4 is 0 Å². The molecule has 1 heterocycles. The fourth-order valence-corrected chi connectivity index (χ4v) is 3.33. The van der Waals surface area contributed by atoms with E-state index in [1.165, 1.54) is 35.1 Å². The van der Waals surface area contributed by atoms with Crippen LogP contribution in [0, 0.1) is 0 Å². The maximum absolute atomic E-state index is 4.35. The van der Waals surface area contributed by atoms with E-state index in [1.54, 1.807) is 0 Å². The molecule has 3 heteroatoms. The molecule has 0 N–H and O–H groups in total. The van der Waals surface area contributed by atoms with Gasteiger partial charge in [0.2, 0.25) is 0 Å². The minimum absolute atomic E-state index is 0.774. The lowest BCUT2D eigenvalue weighted by Gasteiger charge is -2.02. The van der Waals surface area contributed by atoms with Crippen LogP contribution in [0.1, 0.15) is 78.7 Å². The number of nitrogens with zero attached hydrogens (tertiary/aromatic N) is 3. The summed E-state index contributed by atoms with van der Waals surface area (Å²) in [5, 5.41) is 8.65. The predicted molar refractivity (Wildman–Crippen MR) is 129 cm³/mol. The largest absolute Gasteiger partial charge is 0.248 e. The molecule has 0 unspecified atom stereocenters. The topological polar surface area (TPSA) is 30.7 Å². The molecular weight excluding hydrogens is 366 g/mol. The summed E-state index contributed by atoms with van der Waals surface area (Å²) >= 11 is 0. The van der Waals surface area contributed by atoms with E-state index in [0.717, 1.165) is 49.9 Å². The van der Waals surface area contributed by atoms with Gasteiger partial charge in [-0.15, -0.1) is 5.10 Å². The number of rotatable bonds is 12. The van der Waals surface area contributed by atoms with E-state index in [2.05, 4.69) is 87.4 Å². The first-order valence-electron chi connectivity index (χ1n) is 11.4. The summed E-state index contributed by atoms with van der Waals surface area (Å²) in [6, 6.07) is 8.74. The molecule has 162 valence electrons. The van der Waals surface area contributed by atoms with E-state index in [0.29, 0.717) is 0 Å². The summed E-state index contributed by atoms with van der Waals surface area (Å²) in [6.07, 6.45) is 17.1. The maximum atomic E-state index is 4.35. The second-order valence-electron chi connectivity index (χ2n) is 8.59. The first-order chi connectivity index (χ1) is 14.5. The van der Waals surface area contributed by atoms with Crippen LogP contribution in [0.15, 0.2) is 65.4 Å². The standard InChI is InChI=1S/C27H39N3/c1-6-7-14-25-15-17-26(18-16-25)27-21-30(29-28-27)20-19-24(5)13-9-12-23(4)11-8-10-22(2)3/h10,12,15-19,21H,6-9,11,13-14,20H2,1-5H3. The fourth-order valence-electron chi connectivity index (χ4n) is 3.33. The van der Waals surface area contributed by atoms with Gasteiger partial charge in [-0.2, -0.15) is 0 Å². The van der Waals surface area contributed by atoms with Gasteiger partial charge in [0.1, 0.15) is 5.69 Å². The lowest BCUT2D eigenvalue weighted by atomic mass is 10.1. The molecule has 0 spiro atoms. The summed E-state index contributed by atoms with van der Waals surface area (Å²) in [6.45, 7) is 11.8. The Balaban J connectivity index is 1.81. The van der Waals surface area contributed by atoms with Gasteiger partial charge in [-0.3, -0.25) is 0 Å². The number of hydrogen-bond donors (Lipinski definition) is 0. The van der Waals surface area contributed by atoms with E-state index in [9.17, 15) is 0 Å². The second-order valence-corrected chi connectivity index (χ2v) is 8.59. The number of hydrogen-bond acceptors (Lipinski definition) is 2. The Morgan fingerprint density at radius 1 is 0.900 bits per heavy atom. The van der Waals surface area contributed by atoms with Crippen LogP contribution in [0.25, 0.3) is 11.3 Å². The van der Waals surface area contributed by atoms with Crippen molar-refractivity contribution < 1.29 is 0 Å². The predicted octanol–water partition coefficient (Wildman–Crippen LogP) is 7.71. The molecule has 0 bridgehead atoms. The zero-order chi connectivity index (χ0) is 21.8. The fraction of sp³-hybridized carbons (Fsp3) is 0.481. The zero-order valence-corrected chi connectivity index (χ0v) is 19.6. The molecule has 30 heavy (non-hydrogen) atoms. The van der Waals surface area contributed by atoms with E-state index < -0.39 is 0 Å². The van der Waals surface area contributed by atoms with Crippen molar-refractivity contribution in [2.75, 3.05) is 0 Å². The van der Waals surface area contributed by atoms with E-state index in [4.69, 9.17) is 0 Å². The zero-order valence-electron chi connectivity index (χ0n) is 19.6. The minimum Gasteiger partial charge on any atom is -0.248 e. The normalized spacial score (nSPS) is 12.3. The van der Waals surface area contributed by atoms with Crippen LogP contribution in [-0.2, 0) is 13.0 Å². The van der Waals surface area contributed by atoms with Gasteiger partial charge in [-0.05, 0) is 71.8 Å². The second kappa shape index (κ2) is 13.0. The summed E-state index contributed by atoms with van der Waals surface area (Å²) in [7, 11) is 0. The molecule has 2 rings (SSSR count). The molecule has 0 aliphatic rings. The molecule has 1 aromatic heterocycles. The maximum Gasteiger partial charge on any atom is 0.113 e. The number of unbranched alkanes of at least 4 members (excludes halogenated alkanes) is 1. The lowest BCUT2D eigenvalue weighted by molar-refractivity contribution is 0.657.